The summed E-state index contributed by atoms with van der Waals surface area (Å²) in [5, 5.41) is 23.1. The second kappa shape index (κ2) is 52.0. The molecule has 0 fully saturated rings. The van der Waals surface area contributed by atoms with Crippen molar-refractivity contribution in [1.82, 2.24) is 5.32 Å². The van der Waals surface area contributed by atoms with Crippen molar-refractivity contribution in [2.45, 2.75) is 309 Å². The van der Waals surface area contributed by atoms with Crippen molar-refractivity contribution < 1.29 is 24.5 Å². The SMILES string of the molecule is CCCCCCCCCCCCCCCCCCCCCC/C=C/C(O)C(CO)NC(=O)CCCCCCC/C=C\CCCCCOC(=O)CCCCCCCCCCCCC. The normalized spacial score (nSPS) is 12.8. The third-order valence-corrected chi connectivity index (χ3v) is 12.7. The molecule has 6 heteroatoms. The lowest BCUT2D eigenvalue weighted by molar-refractivity contribution is -0.143. The first-order valence-electron chi connectivity index (χ1n) is 27.6. The molecule has 0 rings (SSSR count). The monoisotopic (exact) mass is 874 g/mol. The molecule has 0 radical (unpaired) electrons. The third kappa shape index (κ3) is 47.8. The maximum atomic E-state index is 12.5. The van der Waals surface area contributed by atoms with Gasteiger partial charge in [0.15, 0.2) is 0 Å². The summed E-state index contributed by atoms with van der Waals surface area (Å²) in [7, 11) is 0. The van der Waals surface area contributed by atoms with E-state index >= 15 is 0 Å². The molecule has 1 amide bonds. The van der Waals surface area contributed by atoms with E-state index in [0.29, 0.717) is 19.4 Å². The summed E-state index contributed by atoms with van der Waals surface area (Å²) in [5.74, 6) is -0.116. The van der Waals surface area contributed by atoms with Crippen LogP contribution in [-0.4, -0.2) is 47.4 Å². The molecule has 0 aliphatic rings. The molecule has 0 spiro atoms. The lowest BCUT2D eigenvalue weighted by Crippen LogP contribution is -2.45. The fraction of sp³-hybridized carbons (Fsp3) is 0.893. The van der Waals surface area contributed by atoms with E-state index in [1.807, 2.05) is 6.08 Å². The number of carbonyl (C=O) groups excluding carboxylic acids is 2. The zero-order chi connectivity index (χ0) is 45.1. The highest BCUT2D eigenvalue weighted by Gasteiger charge is 2.18. The van der Waals surface area contributed by atoms with Crippen molar-refractivity contribution in [2.24, 2.45) is 0 Å². The van der Waals surface area contributed by atoms with E-state index in [1.165, 1.54) is 193 Å². The predicted octanol–water partition coefficient (Wildman–Crippen LogP) is 16.7. The number of allylic oxidation sites excluding steroid dienone is 3. The molecule has 2 unspecified atom stereocenters. The van der Waals surface area contributed by atoms with Crippen LogP contribution in [0.4, 0.5) is 0 Å². The number of unbranched alkanes of at least 4 members (excludes halogenated alkanes) is 38. The molecule has 0 aromatic heterocycles. The van der Waals surface area contributed by atoms with Crippen LogP contribution in [0, 0.1) is 0 Å². The zero-order valence-corrected chi connectivity index (χ0v) is 41.6. The second-order valence-electron chi connectivity index (χ2n) is 18.9. The lowest BCUT2D eigenvalue weighted by atomic mass is 10.0. The second-order valence-corrected chi connectivity index (χ2v) is 18.9. The first-order valence-corrected chi connectivity index (χ1v) is 27.6. The summed E-state index contributed by atoms with van der Waals surface area (Å²) in [5.41, 5.74) is 0. The summed E-state index contributed by atoms with van der Waals surface area (Å²) < 4.78 is 5.43. The van der Waals surface area contributed by atoms with Gasteiger partial charge in [0.25, 0.3) is 0 Å². The van der Waals surface area contributed by atoms with Crippen molar-refractivity contribution in [3.05, 3.63) is 24.3 Å². The number of nitrogens with one attached hydrogen (secondary N) is 1. The maximum Gasteiger partial charge on any atom is 0.305 e. The van der Waals surface area contributed by atoms with Crippen LogP contribution >= 0.6 is 0 Å². The maximum absolute atomic E-state index is 12.5. The Morgan fingerprint density at radius 2 is 0.758 bits per heavy atom. The molecule has 3 N–H and O–H groups in total. The highest BCUT2D eigenvalue weighted by Crippen LogP contribution is 2.16. The van der Waals surface area contributed by atoms with Crippen molar-refractivity contribution >= 4 is 11.9 Å². The molecule has 0 aromatic carbocycles. The summed E-state index contributed by atoms with van der Waals surface area (Å²) in [6.45, 7) is 4.85. The molecule has 0 heterocycles. The Bertz CT molecular complexity index is 966. The number of carbonyl (C=O) groups is 2. The fourth-order valence-electron chi connectivity index (χ4n) is 8.45. The minimum atomic E-state index is -0.861. The Balaban J connectivity index is 3.54. The quantitative estimate of drug-likeness (QED) is 0.0321. The number of ether oxygens (including phenoxy) is 1. The van der Waals surface area contributed by atoms with Crippen molar-refractivity contribution in [3.8, 4) is 0 Å². The molecule has 62 heavy (non-hydrogen) atoms. The van der Waals surface area contributed by atoms with Crippen LogP contribution in [0.1, 0.15) is 296 Å². The van der Waals surface area contributed by atoms with Gasteiger partial charge in [-0.05, 0) is 64.2 Å². The molecule has 0 aliphatic carbocycles. The first kappa shape index (κ1) is 60.3. The number of rotatable bonds is 51. The van der Waals surface area contributed by atoms with Gasteiger partial charge in [-0.3, -0.25) is 9.59 Å². The average molecular weight is 874 g/mol. The standard InChI is InChI=1S/C56H107NO5/c1-3-5-7-9-11-13-15-16-17-18-19-20-21-22-23-24-25-29-32-36-40-44-48-54(59)53(52-58)57-55(60)49-45-41-37-33-30-26-27-31-35-39-43-47-51-62-56(61)50-46-42-38-34-28-14-12-10-8-6-4-2/h27,31,44,48,53-54,58-59H,3-26,28-30,32-43,45-47,49-52H2,1-2H3,(H,57,60)/b31-27-,48-44+. The fourth-order valence-corrected chi connectivity index (χ4v) is 8.45. The third-order valence-electron chi connectivity index (χ3n) is 12.7. The number of hydrogen-bond donors (Lipinski definition) is 3. The number of amides is 1. The number of aliphatic hydroxyl groups is 2. The van der Waals surface area contributed by atoms with Crippen LogP contribution < -0.4 is 5.32 Å². The minimum Gasteiger partial charge on any atom is -0.466 e. The van der Waals surface area contributed by atoms with Crippen LogP contribution in [0.2, 0.25) is 0 Å². The number of esters is 1. The van der Waals surface area contributed by atoms with E-state index in [2.05, 4.69) is 31.3 Å². The van der Waals surface area contributed by atoms with Gasteiger partial charge in [-0.15, -0.1) is 0 Å². The number of hydrogen-bond acceptors (Lipinski definition) is 5. The predicted molar refractivity (Wildman–Crippen MR) is 269 cm³/mol. The Hall–Kier alpha value is -1.66. The highest BCUT2D eigenvalue weighted by molar-refractivity contribution is 5.76. The Morgan fingerprint density at radius 1 is 0.435 bits per heavy atom. The van der Waals surface area contributed by atoms with E-state index in [9.17, 15) is 19.8 Å². The van der Waals surface area contributed by atoms with Crippen LogP contribution in [0.15, 0.2) is 24.3 Å². The molecule has 0 aliphatic heterocycles. The molecule has 0 bridgehead atoms. The molecule has 0 saturated heterocycles. The largest absolute Gasteiger partial charge is 0.466 e. The van der Waals surface area contributed by atoms with Crippen LogP contribution in [0.25, 0.3) is 0 Å². The van der Waals surface area contributed by atoms with Gasteiger partial charge >= 0.3 is 5.97 Å². The van der Waals surface area contributed by atoms with Crippen molar-refractivity contribution in [1.29, 1.82) is 0 Å². The Labute approximate surface area is 386 Å². The lowest BCUT2D eigenvalue weighted by Gasteiger charge is -2.20. The molecule has 0 aromatic rings. The topological polar surface area (TPSA) is 95.9 Å². The van der Waals surface area contributed by atoms with E-state index in [-0.39, 0.29) is 18.5 Å². The summed E-state index contributed by atoms with van der Waals surface area (Å²) in [6.07, 6.45) is 61.9. The molecule has 6 nitrogen and oxygen atoms in total. The molecular formula is C56H107NO5. The van der Waals surface area contributed by atoms with Gasteiger partial charge in [-0.25, -0.2) is 0 Å². The van der Waals surface area contributed by atoms with Gasteiger partial charge in [0.2, 0.25) is 5.91 Å². The van der Waals surface area contributed by atoms with Crippen molar-refractivity contribution in [3.63, 3.8) is 0 Å². The van der Waals surface area contributed by atoms with E-state index < -0.39 is 12.1 Å². The first-order chi connectivity index (χ1) is 30.5. The minimum absolute atomic E-state index is 0.0244. The Morgan fingerprint density at radius 3 is 1.15 bits per heavy atom. The molecule has 0 saturated carbocycles. The number of aliphatic hydroxyl groups excluding tert-OH is 2. The molecule has 2 atom stereocenters. The average Bonchev–Trinajstić information content (AvgIpc) is 3.27. The van der Waals surface area contributed by atoms with E-state index in [0.717, 1.165) is 77.0 Å². The summed E-state index contributed by atoms with van der Waals surface area (Å²) >= 11 is 0. The molecular weight excluding hydrogens is 767 g/mol. The van der Waals surface area contributed by atoms with Gasteiger partial charge in [0.1, 0.15) is 0 Å². The van der Waals surface area contributed by atoms with Gasteiger partial charge in [0, 0.05) is 12.8 Å². The van der Waals surface area contributed by atoms with Crippen LogP contribution in [0.3, 0.4) is 0 Å². The Kier molecular flexibility index (Phi) is 50.6. The van der Waals surface area contributed by atoms with Gasteiger partial charge in [-0.1, -0.05) is 244 Å². The van der Waals surface area contributed by atoms with Gasteiger partial charge in [0.05, 0.1) is 25.4 Å². The zero-order valence-electron chi connectivity index (χ0n) is 41.6. The van der Waals surface area contributed by atoms with Crippen LogP contribution in [0.5, 0.6) is 0 Å². The molecule has 366 valence electrons. The summed E-state index contributed by atoms with van der Waals surface area (Å²) in [4.78, 5) is 24.4. The van der Waals surface area contributed by atoms with Crippen LogP contribution in [-0.2, 0) is 14.3 Å². The summed E-state index contributed by atoms with van der Waals surface area (Å²) in [6, 6.07) is -0.646. The van der Waals surface area contributed by atoms with Gasteiger partial charge in [-0.2, -0.15) is 0 Å². The van der Waals surface area contributed by atoms with E-state index in [1.54, 1.807) is 6.08 Å². The van der Waals surface area contributed by atoms with Gasteiger partial charge < -0.3 is 20.3 Å². The smallest absolute Gasteiger partial charge is 0.305 e. The highest BCUT2D eigenvalue weighted by atomic mass is 16.5. The van der Waals surface area contributed by atoms with E-state index in [4.69, 9.17) is 4.74 Å². The van der Waals surface area contributed by atoms with Crippen molar-refractivity contribution in [2.75, 3.05) is 13.2 Å².